The Labute approximate surface area is 122 Å². The van der Waals surface area contributed by atoms with Crippen molar-refractivity contribution >= 4 is 37.6 Å². The van der Waals surface area contributed by atoms with E-state index in [0.29, 0.717) is 9.50 Å². The van der Waals surface area contributed by atoms with Crippen LogP contribution in [-0.4, -0.2) is 14.5 Å². The molecule has 0 amide bonds. The van der Waals surface area contributed by atoms with Crippen LogP contribution in [0, 0.1) is 0 Å². The van der Waals surface area contributed by atoms with Gasteiger partial charge in [-0.15, -0.1) is 0 Å². The Hall–Kier alpha value is -0.100. The van der Waals surface area contributed by atoms with E-state index in [1.807, 2.05) is 13.8 Å². The van der Waals surface area contributed by atoms with Gasteiger partial charge in [-0.25, -0.2) is 13.1 Å². The Morgan fingerprint density at radius 1 is 1.39 bits per heavy atom. The number of hydrogen-bond acceptors (Lipinski definition) is 2. The summed E-state index contributed by atoms with van der Waals surface area (Å²) in [7, 11) is -3.47. The lowest BCUT2D eigenvalue weighted by atomic mass is 10.1. The molecule has 18 heavy (non-hydrogen) atoms. The summed E-state index contributed by atoms with van der Waals surface area (Å²) < 4.78 is 27.6. The molecule has 3 nitrogen and oxygen atoms in total. The lowest BCUT2D eigenvalue weighted by Crippen LogP contribution is -2.34. The van der Waals surface area contributed by atoms with E-state index in [4.69, 9.17) is 11.6 Å². The van der Waals surface area contributed by atoms with Gasteiger partial charge in [0.15, 0.2) is 0 Å². The topological polar surface area (TPSA) is 46.2 Å². The maximum Gasteiger partial charge on any atom is 0.240 e. The molecule has 1 atom stereocenters. The molecule has 1 aromatic carbocycles. The fourth-order valence-electron chi connectivity index (χ4n) is 1.63. The molecule has 102 valence electrons. The lowest BCUT2D eigenvalue weighted by molar-refractivity contribution is 0.512. The molecule has 0 heterocycles. The first-order valence-electron chi connectivity index (χ1n) is 5.88. The van der Waals surface area contributed by atoms with Crippen molar-refractivity contribution in [2.75, 3.05) is 0 Å². The zero-order chi connectivity index (χ0) is 13.8. The summed E-state index contributed by atoms with van der Waals surface area (Å²) in [6.45, 7) is 4.01. The van der Waals surface area contributed by atoms with E-state index in [1.54, 1.807) is 6.07 Å². The number of rotatable bonds is 6. The standard InChI is InChI=1S/C12H17BrClNO2S/c1-3-5-9(4-2)15-18(16,17)10-6-7-12(14)11(13)8-10/h6-9,15H,3-5H2,1-2H3. The Bertz CT molecular complexity index is 505. The summed E-state index contributed by atoms with van der Waals surface area (Å²) in [6, 6.07) is 4.58. The molecule has 0 aliphatic heterocycles. The molecule has 0 fully saturated rings. The van der Waals surface area contributed by atoms with Crippen molar-refractivity contribution in [3.8, 4) is 0 Å². The highest BCUT2D eigenvalue weighted by Crippen LogP contribution is 2.25. The van der Waals surface area contributed by atoms with Crippen LogP contribution >= 0.6 is 27.5 Å². The minimum absolute atomic E-state index is 0.0190. The molecule has 0 bridgehead atoms. The van der Waals surface area contributed by atoms with E-state index in [0.717, 1.165) is 19.3 Å². The van der Waals surface area contributed by atoms with Gasteiger partial charge in [-0.1, -0.05) is 31.9 Å². The predicted molar refractivity (Wildman–Crippen MR) is 78.5 cm³/mol. The van der Waals surface area contributed by atoms with Crippen LogP contribution in [0.15, 0.2) is 27.6 Å². The summed E-state index contributed by atoms with van der Waals surface area (Å²) in [5.41, 5.74) is 0. The number of nitrogens with one attached hydrogen (secondary N) is 1. The van der Waals surface area contributed by atoms with Gasteiger partial charge >= 0.3 is 0 Å². The fraction of sp³-hybridized carbons (Fsp3) is 0.500. The molecule has 0 saturated carbocycles. The number of hydrogen-bond donors (Lipinski definition) is 1. The predicted octanol–water partition coefficient (Wildman–Crippen LogP) is 3.96. The van der Waals surface area contributed by atoms with Crippen LogP contribution in [0.3, 0.4) is 0 Å². The van der Waals surface area contributed by atoms with Crippen LogP contribution in [0.4, 0.5) is 0 Å². The monoisotopic (exact) mass is 353 g/mol. The Morgan fingerprint density at radius 3 is 2.56 bits per heavy atom. The summed E-state index contributed by atoms with van der Waals surface area (Å²) in [5.74, 6) is 0. The first-order chi connectivity index (χ1) is 8.40. The molecule has 0 aliphatic rings. The third-order valence-electron chi connectivity index (χ3n) is 2.65. The Balaban J connectivity index is 2.95. The molecule has 0 saturated heterocycles. The molecule has 1 aromatic rings. The normalized spacial score (nSPS) is 13.6. The van der Waals surface area contributed by atoms with Gasteiger partial charge in [0, 0.05) is 10.5 Å². The smallest absolute Gasteiger partial charge is 0.208 e. The summed E-state index contributed by atoms with van der Waals surface area (Å²) >= 11 is 9.08. The van der Waals surface area contributed by atoms with Crippen molar-refractivity contribution in [2.45, 2.75) is 44.0 Å². The van der Waals surface area contributed by atoms with Gasteiger partial charge in [-0.3, -0.25) is 0 Å². The van der Waals surface area contributed by atoms with Crippen LogP contribution in [0.5, 0.6) is 0 Å². The van der Waals surface area contributed by atoms with E-state index in [1.165, 1.54) is 12.1 Å². The van der Waals surface area contributed by atoms with Crippen molar-refractivity contribution < 1.29 is 8.42 Å². The fourth-order valence-corrected chi connectivity index (χ4v) is 3.65. The Kier molecular flexibility index (Phi) is 6.11. The largest absolute Gasteiger partial charge is 0.240 e. The third kappa shape index (κ3) is 4.23. The molecular weight excluding hydrogens is 338 g/mol. The SMILES string of the molecule is CCCC(CC)NS(=O)(=O)c1ccc(Cl)c(Br)c1. The van der Waals surface area contributed by atoms with E-state index < -0.39 is 10.0 Å². The van der Waals surface area contributed by atoms with E-state index >= 15 is 0 Å². The summed E-state index contributed by atoms with van der Waals surface area (Å²) in [4.78, 5) is 0.230. The minimum atomic E-state index is -3.47. The molecule has 0 aliphatic carbocycles. The van der Waals surface area contributed by atoms with Gasteiger partial charge in [-0.2, -0.15) is 0 Å². The molecule has 0 aromatic heterocycles. The van der Waals surface area contributed by atoms with Gasteiger partial charge in [0.05, 0.1) is 9.92 Å². The van der Waals surface area contributed by atoms with E-state index in [2.05, 4.69) is 20.7 Å². The second-order valence-electron chi connectivity index (χ2n) is 4.09. The van der Waals surface area contributed by atoms with Crippen molar-refractivity contribution in [2.24, 2.45) is 0 Å². The molecular formula is C12H17BrClNO2S. The van der Waals surface area contributed by atoms with Crippen molar-refractivity contribution in [3.63, 3.8) is 0 Å². The minimum Gasteiger partial charge on any atom is -0.208 e. The van der Waals surface area contributed by atoms with E-state index in [-0.39, 0.29) is 10.9 Å². The maximum atomic E-state index is 12.2. The number of benzene rings is 1. The lowest BCUT2D eigenvalue weighted by Gasteiger charge is -2.16. The highest BCUT2D eigenvalue weighted by atomic mass is 79.9. The zero-order valence-corrected chi connectivity index (χ0v) is 13.6. The van der Waals surface area contributed by atoms with E-state index in [9.17, 15) is 8.42 Å². The first-order valence-corrected chi connectivity index (χ1v) is 8.53. The van der Waals surface area contributed by atoms with Gasteiger partial charge < -0.3 is 0 Å². The summed E-state index contributed by atoms with van der Waals surface area (Å²) in [6.07, 6.45) is 2.57. The zero-order valence-electron chi connectivity index (χ0n) is 10.4. The Morgan fingerprint density at radius 2 is 2.06 bits per heavy atom. The van der Waals surface area contributed by atoms with Gasteiger partial charge in [0.1, 0.15) is 0 Å². The molecule has 0 radical (unpaired) electrons. The van der Waals surface area contributed by atoms with Gasteiger partial charge in [0.25, 0.3) is 0 Å². The van der Waals surface area contributed by atoms with Crippen molar-refractivity contribution in [3.05, 3.63) is 27.7 Å². The number of sulfonamides is 1. The number of halogens is 2. The molecule has 6 heteroatoms. The van der Waals surface area contributed by atoms with Crippen LogP contribution in [0.1, 0.15) is 33.1 Å². The molecule has 1 unspecified atom stereocenters. The highest BCUT2D eigenvalue weighted by Gasteiger charge is 2.19. The average Bonchev–Trinajstić information content (AvgIpc) is 2.31. The quantitative estimate of drug-likeness (QED) is 0.840. The summed E-state index contributed by atoms with van der Waals surface area (Å²) in [5, 5.41) is 0.495. The molecule has 1 N–H and O–H groups in total. The third-order valence-corrected chi connectivity index (χ3v) is 5.39. The second-order valence-corrected chi connectivity index (χ2v) is 7.07. The van der Waals surface area contributed by atoms with Crippen LogP contribution < -0.4 is 4.72 Å². The maximum absolute atomic E-state index is 12.2. The highest BCUT2D eigenvalue weighted by molar-refractivity contribution is 9.10. The average molecular weight is 355 g/mol. The molecule has 0 spiro atoms. The van der Waals surface area contributed by atoms with Crippen molar-refractivity contribution in [1.29, 1.82) is 0 Å². The second kappa shape index (κ2) is 6.89. The van der Waals surface area contributed by atoms with Crippen LogP contribution in [0.2, 0.25) is 5.02 Å². The van der Waals surface area contributed by atoms with Crippen LogP contribution in [0.25, 0.3) is 0 Å². The van der Waals surface area contributed by atoms with Crippen molar-refractivity contribution in [1.82, 2.24) is 4.72 Å². The van der Waals surface area contributed by atoms with Gasteiger partial charge in [-0.05, 0) is 47.0 Å². The van der Waals surface area contributed by atoms with Crippen LogP contribution in [-0.2, 0) is 10.0 Å². The molecule has 1 rings (SSSR count). The van der Waals surface area contributed by atoms with Gasteiger partial charge in [0.2, 0.25) is 10.0 Å². The first kappa shape index (κ1) is 16.0.